The van der Waals surface area contributed by atoms with Crippen molar-refractivity contribution in [1.82, 2.24) is 15.3 Å². The molecule has 4 rings (SSSR count). The molecule has 3 aromatic rings. The minimum atomic E-state index is -0.352. The number of halogens is 1. The zero-order valence-electron chi connectivity index (χ0n) is 13.9. The van der Waals surface area contributed by atoms with E-state index in [2.05, 4.69) is 20.2 Å². The number of carbonyl (C=O) groups excluding carboxylic acids is 1. The van der Waals surface area contributed by atoms with Crippen LogP contribution in [0.4, 0.5) is 9.52 Å². The number of fused-ring (bicyclic) bond motifs is 1. The van der Waals surface area contributed by atoms with Crippen molar-refractivity contribution >= 4 is 33.3 Å². The number of nitrogens with one attached hydrogen (secondary N) is 2. The molecule has 3 heterocycles. The third-order valence-electron chi connectivity index (χ3n) is 4.62. The first-order valence-corrected chi connectivity index (χ1v) is 9.26. The van der Waals surface area contributed by atoms with Gasteiger partial charge in [0.25, 0.3) is 5.91 Å². The van der Waals surface area contributed by atoms with E-state index in [1.54, 1.807) is 17.4 Å². The number of aromatic nitrogens is 2. The molecule has 5 nitrogen and oxygen atoms in total. The van der Waals surface area contributed by atoms with Crippen LogP contribution < -0.4 is 10.2 Å². The smallest absolute Gasteiger partial charge is 0.268 e. The lowest BCUT2D eigenvalue weighted by Crippen LogP contribution is -2.24. The Hall–Kier alpha value is -2.41. The number of hydrogen-bond donors (Lipinski definition) is 2. The number of hydrogen-bond acceptors (Lipinski definition) is 4. The number of nitrogens with zero attached hydrogens (tertiary/aromatic N) is 2. The van der Waals surface area contributed by atoms with Gasteiger partial charge in [-0.25, -0.2) is 9.37 Å². The summed E-state index contributed by atoms with van der Waals surface area (Å²) in [7, 11) is 0. The second-order valence-electron chi connectivity index (χ2n) is 6.29. The van der Waals surface area contributed by atoms with Gasteiger partial charge in [0.15, 0.2) is 5.13 Å². The molecule has 1 aliphatic heterocycles. The number of anilines is 1. The van der Waals surface area contributed by atoms with Crippen molar-refractivity contribution < 1.29 is 9.18 Å². The molecule has 7 heteroatoms. The maximum absolute atomic E-state index is 13.9. The van der Waals surface area contributed by atoms with Gasteiger partial charge in [-0.15, -0.1) is 11.3 Å². The largest absolute Gasteiger partial charge is 0.348 e. The highest BCUT2D eigenvalue weighted by atomic mass is 32.1. The van der Waals surface area contributed by atoms with Crippen molar-refractivity contribution in [2.75, 3.05) is 18.0 Å². The molecule has 0 radical (unpaired) electrons. The summed E-state index contributed by atoms with van der Waals surface area (Å²) in [6.45, 7) is 4.29. The molecule has 1 aromatic carbocycles. The standard InChI is InChI=1S/C18H19FN4OS/c1-11-13-5-4-6-14(19)16(13)22-15(11)17(24)20-9-12-10-25-18(21-12)23-7-2-3-8-23/h4-6,10,22H,2-3,7-9H2,1H3,(H,20,24). The molecule has 25 heavy (non-hydrogen) atoms. The van der Waals surface area contributed by atoms with E-state index in [4.69, 9.17) is 0 Å². The average Bonchev–Trinajstić information content (AvgIpc) is 3.33. The first-order valence-electron chi connectivity index (χ1n) is 8.38. The maximum Gasteiger partial charge on any atom is 0.268 e. The van der Waals surface area contributed by atoms with Gasteiger partial charge in [0.05, 0.1) is 17.8 Å². The SMILES string of the molecule is Cc1c(C(=O)NCc2csc(N3CCCC3)n2)[nH]c2c(F)cccc12. The minimum Gasteiger partial charge on any atom is -0.348 e. The molecular weight excluding hydrogens is 339 g/mol. The fraction of sp³-hybridized carbons (Fsp3) is 0.333. The normalized spacial score (nSPS) is 14.4. The monoisotopic (exact) mass is 358 g/mol. The first kappa shape index (κ1) is 16.1. The lowest BCUT2D eigenvalue weighted by atomic mass is 10.1. The van der Waals surface area contributed by atoms with E-state index in [1.165, 1.54) is 18.9 Å². The van der Waals surface area contributed by atoms with E-state index in [1.807, 2.05) is 18.4 Å². The molecule has 0 aliphatic carbocycles. The van der Waals surface area contributed by atoms with Gasteiger partial charge in [-0.1, -0.05) is 12.1 Å². The predicted molar refractivity (Wildman–Crippen MR) is 97.7 cm³/mol. The molecule has 0 spiro atoms. The van der Waals surface area contributed by atoms with Crippen molar-refractivity contribution in [3.05, 3.63) is 46.3 Å². The summed E-state index contributed by atoms with van der Waals surface area (Å²) in [5.41, 5.74) is 2.37. The molecule has 1 fully saturated rings. The van der Waals surface area contributed by atoms with Gasteiger partial charge < -0.3 is 15.2 Å². The molecule has 2 N–H and O–H groups in total. The number of H-pyrrole nitrogens is 1. The van der Waals surface area contributed by atoms with E-state index < -0.39 is 0 Å². The number of carbonyl (C=O) groups is 1. The fourth-order valence-corrected chi connectivity index (χ4v) is 4.11. The van der Waals surface area contributed by atoms with Crippen LogP contribution in [-0.4, -0.2) is 29.0 Å². The summed E-state index contributed by atoms with van der Waals surface area (Å²) in [6, 6.07) is 4.84. The number of rotatable bonds is 4. The zero-order chi connectivity index (χ0) is 17.4. The van der Waals surface area contributed by atoms with Crippen LogP contribution in [0.5, 0.6) is 0 Å². The number of para-hydroxylation sites is 1. The predicted octanol–water partition coefficient (Wildman–Crippen LogP) is 3.60. The van der Waals surface area contributed by atoms with Crippen molar-refractivity contribution in [3.63, 3.8) is 0 Å². The summed E-state index contributed by atoms with van der Waals surface area (Å²) in [5.74, 6) is -0.599. The Labute approximate surface area is 148 Å². The molecule has 130 valence electrons. The maximum atomic E-state index is 13.9. The van der Waals surface area contributed by atoms with Gasteiger partial charge in [0.2, 0.25) is 0 Å². The first-order chi connectivity index (χ1) is 12.1. The third-order valence-corrected chi connectivity index (χ3v) is 5.57. The van der Waals surface area contributed by atoms with Gasteiger partial charge in [0.1, 0.15) is 11.5 Å². The highest BCUT2D eigenvalue weighted by molar-refractivity contribution is 7.13. The van der Waals surface area contributed by atoms with E-state index in [9.17, 15) is 9.18 Å². The van der Waals surface area contributed by atoms with Crippen molar-refractivity contribution in [2.24, 2.45) is 0 Å². The second kappa shape index (κ2) is 6.48. The third kappa shape index (κ3) is 3.00. The lowest BCUT2D eigenvalue weighted by Gasteiger charge is -2.12. The molecule has 2 aromatic heterocycles. The molecule has 0 unspecified atom stereocenters. The summed E-state index contributed by atoms with van der Waals surface area (Å²) in [4.78, 5) is 22.3. The average molecular weight is 358 g/mol. The van der Waals surface area contributed by atoms with E-state index in [0.717, 1.165) is 34.9 Å². The summed E-state index contributed by atoms with van der Waals surface area (Å²) >= 11 is 1.61. The minimum absolute atomic E-state index is 0.246. The molecule has 0 saturated carbocycles. The Morgan fingerprint density at radius 1 is 1.40 bits per heavy atom. The molecule has 0 atom stereocenters. The summed E-state index contributed by atoms with van der Waals surface area (Å²) < 4.78 is 13.9. The number of thiazole rings is 1. The van der Waals surface area contributed by atoms with Gasteiger partial charge in [-0.2, -0.15) is 0 Å². The fourth-order valence-electron chi connectivity index (χ4n) is 3.23. The summed E-state index contributed by atoms with van der Waals surface area (Å²) in [5, 5.41) is 6.60. The molecule has 1 amide bonds. The van der Waals surface area contributed by atoms with Crippen LogP contribution in [0.2, 0.25) is 0 Å². The number of aryl methyl sites for hydroxylation is 1. The Morgan fingerprint density at radius 3 is 2.96 bits per heavy atom. The van der Waals surface area contributed by atoms with Crippen LogP contribution in [0.25, 0.3) is 10.9 Å². The Kier molecular flexibility index (Phi) is 4.17. The van der Waals surface area contributed by atoms with Crippen molar-refractivity contribution in [2.45, 2.75) is 26.3 Å². The van der Waals surface area contributed by atoms with Crippen LogP contribution >= 0.6 is 11.3 Å². The van der Waals surface area contributed by atoms with Crippen LogP contribution in [-0.2, 0) is 6.54 Å². The lowest BCUT2D eigenvalue weighted by molar-refractivity contribution is 0.0945. The molecule has 1 aliphatic rings. The number of aromatic amines is 1. The van der Waals surface area contributed by atoms with E-state index in [0.29, 0.717) is 17.8 Å². The topological polar surface area (TPSA) is 61.0 Å². The highest BCUT2D eigenvalue weighted by Crippen LogP contribution is 2.25. The van der Waals surface area contributed by atoms with Crippen LogP contribution in [0.1, 0.15) is 34.6 Å². The highest BCUT2D eigenvalue weighted by Gasteiger charge is 2.18. The van der Waals surface area contributed by atoms with Gasteiger partial charge in [0, 0.05) is 23.9 Å². The quantitative estimate of drug-likeness (QED) is 0.749. The van der Waals surface area contributed by atoms with E-state index >= 15 is 0 Å². The zero-order valence-corrected chi connectivity index (χ0v) is 14.8. The van der Waals surface area contributed by atoms with Gasteiger partial charge in [-0.3, -0.25) is 4.79 Å². The molecule has 0 bridgehead atoms. The molecular formula is C18H19FN4OS. The summed E-state index contributed by atoms with van der Waals surface area (Å²) in [6.07, 6.45) is 2.42. The number of amides is 1. The van der Waals surface area contributed by atoms with Gasteiger partial charge >= 0.3 is 0 Å². The van der Waals surface area contributed by atoms with Crippen LogP contribution in [0.3, 0.4) is 0 Å². The Morgan fingerprint density at radius 2 is 2.20 bits per heavy atom. The molecule has 1 saturated heterocycles. The van der Waals surface area contributed by atoms with Crippen molar-refractivity contribution in [3.8, 4) is 0 Å². The van der Waals surface area contributed by atoms with Crippen LogP contribution in [0.15, 0.2) is 23.6 Å². The Bertz CT molecular complexity index is 926. The Balaban J connectivity index is 1.47. The van der Waals surface area contributed by atoms with Crippen molar-refractivity contribution in [1.29, 1.82) is 0 Å². The van der Waals surface area contributed by atoms with Gasteiger partial charge in [-0.05, 0) is 31.4 Å². The van der Waals surface area contributed by atoms with E-state index in [-0.39, 0.29) is 11.7 Å². The van der Waals surface area contributed by atoms with Crippen LogP contribution in [0, 0.1) is 12.7 Å². The second-order valence-corrected chi connectivity index (χ2v) is 7.12. The number of benzene rings is 1.